The highest BCUT2D eigenvalue weighted by molar-refractivity contribution is 5.76. The summed E-state index contributed by atoms with van der Waals surface area (Å²) in [6, 6.07) is 0.627. The molecule has 1 saturated heterocycles. The zero-order chi connectivity index (χ0) is 9.14. The molecule has 3 heteroatoms. The van der Waals surface area contributed by atoms with E-state index < -0.39 is 0 Å². The topological polar surface area (TPSA) is 46.3 Å². The standard InChI is InChI=1S/C9H18N2O/c1-3-9(12)11-5-4-8(10)6-7(11)2/h7-8H,3-6,10H2,1-2H3. The van der Waals surface area contributed by atoms with Crippen LogP contribution in [0, 0.1) is 0 Å². The number of nitrogens with zero attached hydrogens (tertiary/aromatic N) is 1. The van der Waals surface area contributed by atoms with Crippen LogP contribution in [0.1, 0.15) is 33.1 Å². The van der Waals surface area contributed by atoms with Gasteiger partial charge in [0.05, 0.1) is 0 Å². The fraction of sp³-hybridized carbons (Fsp3) is 0.889. The summed E-state index contributed by atoms with van der Waals surface area (Å²) >= 11 is 0. The monoisotopic (exact) mass is 170 g/mol. The van der Waals surface area contributed by atoms with Crippen LogP contribution in [0.2, 0.25) is 0 Å². The maximum atomic E-state index is 11.4. The zero-order valence-corrected chi connectivity index (χ0v) is 7.92. The van der Waals surface area contributed by atoms with Crippen LogP contribution in [-0.2, 0) is 4.79 Å². The summed E-state index contributed by atoms with van der Waals surface area (Å²) in [6.07, 6.45) is 2.52. The molecule has 0 bridgehead atoms. The lowest BCUT2D eigenvalue weighted by atomic mass is 9.99. The number of rotatable bonds is 1. The molecule has 0 aromatic rings. The largest absolute Gasteiger partial charge is 0.340 e. The Morgan fingerprint density at radius 1 is 1.67 bits per heavy atom. The van der Waals surface area contributed by atoms with E-state index in [1.54, 1.807) is 0 Å². The third kappa shape index (κ3) is 1.97. The molecule has 0 aromatic heterocycles. The molecule has 0 radical (unpaired) electrons. The van der Waals surface area contributed by atoms with Crippen molar-refractivity contribution in [1.29, 1.82) is 0 Å². The maximum Gasteiger partial charge on any atom is 0.222 e. The van der Waals surface area contributed by atoms with Crippen LogP contribution in [0.4, 0.5) is 0 Å². The molecule has 2 N–H and O–H groups in total. The fourth-order valence-electron chi connectivity index (χ4n) is 1.78. The first-order valence-corrected chi connectivity index (χ1v) is 4.70. The van der Waals surface area contributed by atoms with Crippen molar-refractivity contribution in [2.75, 3.05) is 6.54 Å². The number of hydrogen-bond acceptors (Lipinski definition) is 2. The molecular formula is C9H18N2O. The Morgan fingerprint density at radius 3 is 2.83 bits per heavy atom. The predicted molar refractivity (Wildman–Crippen MR) is 48.7 cm³/mol. The second-order valence-corrected chi connectivity index (χ2v) is 3.57. The molecule has 0 saturated carbocycles. The Kier molecular flexibility index (Phi) is 3.09. The normalized spacial score (nSPS) is 30.4. The first-order valence-electron chi connectivity index (χ1n) is 4.70. The Balaban J connectivity index is 2.50. The molecule has 3 nitrogen and oxygen atoms in total. The van der Waals surface area contributed by atoms with Gasteiger partial charge in [-0.25, -0.2) is 0 Å². The van der Waals surface area contributed by atoms with Crippen LogP contribution < -0.4 is 5.73 Å². The number of amides is 1. The van der Waals surface area contributed by atoms with Crippen molar-refractivity contribution >= 4 is 5.91 Å². The molecule has 2 unspecified atom stereocenters. The summed E-state index contributed by atoms with van der Waals surface area (Å²) in [5, 5.41) is 0. The molecule has 1 aliphatic heterocycles. The second kappa shape index (κ2) is 3.90. The molecule has 1 amide bonds. The quantitative estimate of drug-likeness (QED) is 0.630. The summed E-state index contributed by atoms with van der Waals surface area (Å²) in [7, 11) is 0. The molecule has 1 heterocycles. The molecular weight excluding hydrogens is 152 g/mol. The van der Waals surface area contributed by atoms with Gasteiger partial charge in [-0.3, -0.25) is 4.79 Å². The van der Waals surface area contributed by atoms with Gasteiger partial charge in [0.15, 0.2) is 0 Å². The van der Waals surface area contributed by atoms with Gasteiger partial charge in [-0.15, -0.1) is 0 Å². The van der Waals surface area contributed by atoms with E-state index in [2.05, 4.69) is 6.92 Å². The van der Waals surface area contributed by atoms with Crippen LogP contribution >= 0.6 is 0 Å². The minimum absolute atomic E-state index is 0.259. The Hall–Kier alpha value is -0.570. The maximum absolute atomic E-state index is 11.4. The van der Waals surface area contributed by atoms with E-state index in [9.17, 15) is 4.79 Å². The van der Waals surface area contributed by atoms with Crippen molar-refractivity contribution in [1.82, 2.24) is 4.90 Å². The van der Waals surface area contributed by atoms with Crippen molar-refractivity contribution in [3.8, 4) is 0 Å². The minimum Gasteiger partial charge on any atom is -0.340 e. The summed E-state index contributed by atoms with van der Waals surface area (Å²) < 4.78 is 0. The molecule has 0 aliphatic carbocycles. The fourth-order valence-corrected chi connectivity index (χ4v) is 1.78. The average Bonchev–Trinajstić information content (AvgIpc) is 2.03. The van der Waals surface area contributed by atoms with Crippen molar-refractivity contribution < 1.29 is 4.79 Å². The van der Waals surface area contributed by atoms with Gasteiger partial charge >= 0.3 is 0 Å². The smallest absolute Gasteiger partial charge is 0.222 e. The van der Waals surface area contributed by atoms with Crippen molar-refractivity contribution in [2.24, 2.45) is 5.73 Å². The molecule has 12 heavy (non-hydrogen) atoms. The van der Waals surface area contributed by atoms with Gasteiger partial charge in [0.2, 0.25) is 5.91 Å². The number of hydrogen-bond donors (Lipinski definition) is 1. The van der Waals surface area contributed by atoms with Crippen molar-refractivity contribution in [3.05, 3.63) is 0 Å². The molecule has 0 aromatic carbocycles. The third-order valence-electron chi connectivity index (χ3n) is 2.54. The highest BCUT2D eigenvalue weighted by Crippen LogP contribution is 2.16. The molecule has 2 atom stereocenters. The summed E-state index contributed by atoms with van der Waals surface area (Å²) in [5.74, 6) is 0.259. The second-order valence-electron chi connectivity index (χ2n) is 3.57. The van der Waals surface area contributed by atoms with Gasteiger partial charge in [-0.2, -0.15) is 0 Å². The number of nitrogens with two attached hydrogens (primary N) is 1. The van der Waals surface area contributed by atoms with Gasteiger partial charge < -0.3 is 10.6 Å². The third-order valence-corrected chi connectivity index (χ3v) is 2.54. The summed E-state index contributed by atoms with van der Waals surface area (Å²) in [6.45, 7) is 4.82. The van der Waals surface area contributed by atoms with E-state index in [4.69, 9.17) is 5.73 Å². The van der Waals surface area contributed by atoms with Crippen molar-refractivity contribution in [3.63, 3.8) is 0 Å². The summed E-state index contributed by atoms with van der Waals surface area (Å²) in [5.41, 5.74) is 5.79. The minimum atomic E-state index is 0.259. The van der Waals surface area contributed by atoms with E-state index in [0.717, 1.165) is 19.4 Å². The van der Waals surface area contributed by atoms with Gasteiger partial charge in [-0.05, 0) is 19.8 Å². The summed E-state index contributed by atoms with van der Waals surface area (Å²) in [4.78, 5) is 13.3. The van der Waals surface area contributed by atoms with E-state index in [-0.39, 0.29) is 5.91 Å². The number of carbonyl (C=O) groups is 1. The number of piperidine rings is 1. The highest BCUT2D eigenvalue weighted by atomic mass is 16.2. The van der Waals surface area contributed by atoms with Crippen LogP contribution in [0.15, 0.2) is 0 Å². The lowest BCUT2D eigenvalue weighted by Gasteiger charge is -2.36. The molecule has 1 aliphatic rings. The lowest BCUT2D eigenvalue weighted by Crippen LogP contribution is -2.48. The van der Waals surface area contributed by atoms with Crippen LogP contribution in [-0.4, -0.2) is 29.4 Å². The van der Waals surface area contributed by atoms with E-state index >= 15 is 0 Å². The lowest BCUT2D eigenvalue weighted by molar-refractivity contribution is -0.134. The number of likely N-dealkylation sites (tertiary alicyclic amines) is 1. The van der Waals surface area contributed by atoms with Gasteiger partial charge in [-0.1, -0.05) is 6.92 Å². The van der Waals surface area contributed by atoms with E-state index in [1.807, 2.05) is 11.8 Å². The van der Waals surface area contributed by atoms with Crippen LogP contribution in [0.25, 0.3) is 0 Å². The van der Waals surface area contributed by atoms with Crippen LogP contribution in [0.3, 0.4) is 0 Å². The molecule has 1 fully saturated rings. The Labute approximate surface area is 73.9 Å². The Morgan fingerprint density at radius 2 is 2.33 bits per heavy atom. The number of carbonyl (C=O) groups excluding carboxylic acids is 1. The SMILES string of the molecule is CCC(=O)N1CCC(N)CC1C. The zero-order valence-electron chi connectivity index (χ0n) is 7.92. The van der Waals surface area contributed by atoms with Gasteiger partial charge in [0, 0.05) is 25.0 Å². The first-order chi connectivity index (χ1) is 5.65. The molecule has 1 rings (SSSR count). The Bertz CT molecular complexity index is 170. The first kappa shape index (κ1) is 9.52. The van der Waals surface area contributed by atoms with E-state index in [1.165, 1.54) is 0 Å². The van der Waals surface area contributed by atoms with Gasteiger partial charge in [0.25, 0.3) is 0 Å². The van der Waals surface area contributed by atoms with Crippen molar-refractivity contribution in [2.45, 2.75) is 45.2 Å². The van der Waals surface area contributed by atoms with Gasteiger partial charge in [0.1, 0.15) is 0 Å². The average molecular weight is 170 g/mol. The molecule has 0 spiro atoms. The van der Waals surface area contributed by atoms with Crippen LogP contribution in [0.5, 0.6) is 0 Å². The molecule has 70 valence electrons. The van der Waals surface area contributed by atoms with E-state index in [0.29, 0.717) is 18.5 Å². The highest BCUT2D eigenvalue weighted by Gasteiger charge is 2.25. The predicted octanol–water partition coefficient (Wildman–Crippen LogP) is 0.735.